The molecule has 0 spiro atoms. The number of aromatic nitrogens is 2. The van der Waals surface area contributed by atoms with Gasteiger partial charge in [0.25, 0.3) is 0 Å². The summed E-state index contributed by atoms with van der Waals surface area (Å²) in [5.74, 6) is -0.348. The van der Waals surface area contributed by atoms with Crippen molar-refractivity contribution in [2.24, 2.45) is 0 Å². The smallest absolute Gasteiger partial charge is 0.150 e. The van der Waals surface area contributed by atoms with Gasteiger partial charge in [-0.2, -0.15) is 5.10 Å². The van der Waals surface area contributed by atoms with E-state index in [1.165, 1.54) is 6.07 Å². The summed E-state index contributed by atoms with van der Waals surface area (Å²) < 4.78 is 21.1. The molecule has 0 N–H and O–H groups in total. The van der Waals surface area contributed by atoms with Crippen LogP contribution in [-0.4, -0.2) is 16.4 Å². The van der Waals surface area contributed by atoms with Crippen LogP contribution < -0.4 is 0 Å². The molecule has 3 rings (SSSR count). The van der Waals surface area contributed by atoms with Gasteiger partial charge in [-0.15, -0.1) is 0 Å². The molecule has 90 valence electrons. The summed E-state index contributed by atoms with van der Waals surface area (Å²) in [6.45, 7) is 0.710. The summed E-state index contributed by atoms with van der Waals surface area (Å²) in [6.07, 6.45) is 4.49. The van der Waals surface area contributed by atoms with Gasteiger partial charge in [-0.1, -0.05) is 11.6 Å². The number of ether oxygens (including phenoxy) is 1. The molecule has 0 bridgehead atoms. The second-order valence-corrected chi connectivity index (χ2v) is 4.67. The average Bonchev–Trinajstić information content (AvgIpc) is 2.74. The van der Waals surface area contributed by atoms with Crippen LogP contribution >= 0.6 is 11.6 Å². The lowest BCUT2D eigenvalue weighted by molar-refractivity contribution is -0.0369. The molecule has 17 heavy (non-hydrogen) atoms. The normalized spacial score (nSPS) is 20.9. The highest BCUT2D eigenvalue weighted by Gasteiger charge is 2.20. The topological polar surface area (TPSA) is 27.1 Å². The van der Waals surface area contributed by atoms with Crippen molar-refractivity contribution < 1.29 is 9.13 Å². The number of halogens is 2. The first-order valence-corrected chi connectivity index (χ1v) is 6.07. The molecule has 5 heteroatoms. The molecule has 3 nitrogen and oxygen atoms in total. The Balaban J connectivity index is 2.10. The van der Waals surface area contributed by atoms with Crippen LogP contribution in [0.4, 0.5) is 4.39 Å². The van der Waals surface area contributed by atoms with E-state index in [1.54, 1.807) is 16.9 Å². The van der Waals surface area contributed by atoms with Crippen LogP contribution in [0.15, 0.2) is 18.3 Å². The Morgan fingerprint density at radius 2 is 2.29 bits per heavy atom. The lowest BCUT2D eigenvalue weighted by Crippen LogP contribution is -2.19. The monoisotopic (exact) mass is 254 g/mol. The van der Waals surface area contributed by atoms with Gasteiger partial charge in [0, 0.05) is 17.0 Å². The predicted octanol–water partition coefficient (Wildman–Crippen LogP) is 3.53. The van der Waals surface area contributed by atoms with E-state index in [9.17, 15) is 4.39 Å². The van der Waals surface area contributed by atoms with Crippen molar-refractivity contribution >= 4 is 22.5 Å². The van der Waals surface area contributed by atoms with Crippen LogP contribution in [0.25, 0.3) is 10.9 Å². The van der Waals surface area contributed by atoms with Crippen LogP contribution in [0.5, 0.6) is 0 Å². The summed E-state index contributed by atoms with van der Waals surface area (Å²) in [5.41, 5.74) is 0.473. The van der Waals surface area contributed by atoms with E-state index in [2.05, 4.69) is 5.10 Å². The Morgan fingerprint density at radius 1 is 1.41 bits per heavy atom. The molecule has 2 heterocycles. The molecule has 0 saturated carbocycles. The zero-order chi connectivity index (χ0) is 11.8. The van der Waals surface area contributed by atoms with Gasteiger partial charge >= 0.3 is 0 Å². The Labute approximate surface area is 103 Å². The van der Waals surface area contributed by atoms with E-state index >= 15 is 0 Å². The Morgan fingerprint density at radius 3 is 3.06 bits per heavy atom. The maximum Gasteiger partial charge on any atom is 0.150 e. The quantitative estimate of drug-likeness (QED) is 0.778. The molecular formula is C12H12ClFN2O. The molecule has 0 amide bonds. The molecular weight excluding hydrogens is 243 g/mol. The maximum atomic E-state index is 13.9. The van der Waals surface area contributed by atoms with Crippen molar-refractivity contribution in [3.05, 3.63) is 29.2 Å². The summed E-state index contributed by atoms with van der Waals surface area (Å²) >= 11 is 5.81. The minimum Gasteiger partial charge on any atom is -0.356 e. The second kappa shape index (κ2) is 4.27. The number of hydrogen-bond donors (Lipinski definition) is 0. The third kappa shape index (κ3) is 1.91. The first-order chi connectivity index (χ1) is 8.25. The molecule has 1 saturated heterocycles. The summed E-state index contributed by atoms with van der Waals surface area (Å²) in [5, 5.41) is 5.31. The molecule has 2 aromatic rings. The van der Waals surface area contributed by atoms with Gasteiger partial charge in [0.05, 0.1) is 6.20 Å². The molecule has 0 radical (unpaired) electrons. The number of benzene rings is 1. The molecule has 1 unspecified atom stereocenters. The zero-order valence-electron chi connectivity index (χ0n) is 9.20. The van der Waals surface area contributed by atoms with Crippen LogP contribution in [0, 0.1) is 5.82 Å². The summed E-state index contributed by atoms with van der Waals surface area (Å²) in [6, 6.07) is 3.02. The van der Waals surface area contributed by atoms with Crippen molar-refractivity contribution in [3.63, 3.8) is 0 Å². The highest BCUT2D eigenvalue weighted by atomic mass is 35.5. The highest BCUT2D eigenvalue weighted by Crippen LogP contribution is 2.29. The van der Waals surface area contributed by atoms with E-state index in [0.29, 0.717) is 22.5 Å². The first-order valence-electron chi connectivity index (χ1n) is 5.69. The molecule has 1 aliphatic heterocycles. The largest absolute Gasteiger partial charge is 0.356 e. The van der Waals surface area contributed by atoms with Crippen molar-refractivity contribution in [3.8, 4) is 0 Å². The zero-order valence-corrected chi connectivity index (χ0v) is 9.95. The van der Waals surface area contributed by atoms with E-state index < -0.39 is 0 Å². The van der Waals surface area contributed by atoms with Gasteiger partial charge in [0.15, 0.2) is 12.0 Å². The fourth-order valence-electron chi connectivity index (χ4n) is 2.24. The first kappa shape index (κ1) is 11.0. The molecule has 1 atom stereocenters. The van der Waals surface area contributed by atoms with Gasteiger partial charge in [-0.3, -0.25) is 0 Å². The third-order valence-corrected chi connectivity index (χ3v) is 3.25. The minimum absolute atomic E-state index is 0.156. The summed E-state index contributed by atoms with van der Waals surface area (Å²) in [7, 11) is 0. The highest BCUT2D eigenvalue weighted by molar-refractivity contribution is 6.31. The van der Waals surface area contributed by atoms with Crippen molar-refractivity contribution in [1.82, 2.24) is 9.78 Å². The van der Waals surface area contributed by atoms with Crippen LogP contribution in [0.1, 0.15) is 25.5 Å². The Bertz CT molecular complexity index is 549. The van der Waals surface area contributed by atoms with Gasteiger partial charge in [0.2, 0.25) is 0 Å². The summed E-state index contributed by atoms with van der Waals surface area (Å²) in [4.78, 5) is 0. The Kier molecular flexibility index (Phi) is 2.76. The number of rotatable bonds is 1. The van der Waals surface area contributed by atoms with Crippen molar-refractivity contribution in [1.29, 1.82) is 0 Å². The van der Waals surface area contributed by atoms with Crippen molar-refractivity contribution in [2.45, 2.75) is 25.5 Å². The molecule has 1 aromatic heterocycles. The van der Waals surface area contributed by atoms with Crippen LogP contribution in [0.3, 0.4) is 0 Å². The maximum absolute atomic E-state index is 13.9. The standard InChI is InChI=1S/C12H12ClFN2O/c13-9-5-8-7-15-16(12(8)10(14)6-9)11-3-1-2-4-17-11/h5-7,11H,1-4H2. The molecule has 1 fully saturated rings. The molecule has 0 aliphatic carbocycles. The van der Waals surface area contributed by atoms with Gasteiger partial charge in [-0.05, 0) is 31.4 Å². The van der Waals surface area contributed by atoms with Gasteiger partial charge in [-0.25, -0.2) is 9.07 Å². The Hall–Kier alpha value is -1.13. The fourth-order valence-corrected chi connectivity index (χ4v) is 2.46. The van der Waals surface area contributed by atoms with E-state index in [1.807, 2.05) is 0 Å². The number of fused-ring (bicyclic) bond motifs is 1. The second-order valence-electron chi connectivity index (χ2n) is 4.24. The fraction of sp³-hybridized carbons (Fsp3) is 0.417. The van der Waals surface area contributed by atoms with E-state index in [0.717, 1.165) is 19.3 Å². The molecule has 1 aromatic carbocycles. The molecule has 1 aliphatic rings. The number of hydrogen-bond acceptors (Lipinski definition) is 2. The van der Waals surface area contributed by atoms with E-state index in [4.69, 9.17) is 16.3 Å². The lowest BCUT2D eigenvalue weighted by atomic mass is 10.2. The SMILES string of the molecule is Fc1cc(Cl)cc2cnn(C3CCCCO3)c12. The van der Waals surface area contributed by atoms with Gasteiger partial charge < -0.3 is 4.74 Å². The number of nitrogens with zero attached hydrogens (tertiary/aromatic N) is 2. The van der Waals surface area contributed by atoms with E-state index in [-0.39, 0.29) is 12.0 Å². The lowest BCUT2D eigenvalue weighted by Gasteiger charge is -2.23. The average molecular weight is 255 g/mol. The van der Waals surface area contributed by atoms with Crippen LogP contribution in [-0.2, 0) is 4.74 Å². The van der Waals surface area contributed by atoms with Crippen LogP contribution in [0.2, 0.25) is 5.02 Å². The minimum atomic E-state index is -0.348. The van der Waals surface area contributed by atoms with Gasteiger partial charge in [0.1, 0.15) is 5.52 Å². The third-order valence-electron chi connectivity index (χ3n) is 3.04. The predicted molar refractivity (Wildman–Crippen MR) is 63.5 cm³/mol. The van der Waals surface area contributed by atoms with Crippen molar-refractivity contribution in [2.75, 3.05) is 6.61 Å².